The third-order valence-electron chi connectivity index (χ3n) is 6.06. The van der Waals surface area contributed by atoms with E-state index in [-0.39, 0.29) is 22.2 Å². The number of aromatic hydroxyl groups is 6. The van der Waals surface area contributed by atoms with Gasteiger partial charge in [0.15, 0.2) is 23.0 Å². The molecule has 26 heavy (non-hydrogen) atoms. The maximum atomic E-state index is 10.7. The second-order valence-corrected chi connectivity index (χ2v) is 7.24. The van der Waals surface area contributed by atoms with Crippen molar-refractivity contribution in [2.75, 3.05) is 0 Å². The molecular weight excluding hydrogens is 338 g/mol. The minimum atomic E-state index is -0.971. The van der Waals surface area contributed by atoms with Crippen molar-refractivity contribution in [3.63, 3.8) is 0 Å². The molecule has 2 aromatic carbocycles. The molecule has 0 atom stereocenters. The first-order valence-electron chi connectivity index (χ1n) is 8.57. The number of nitrogens with zero attached hydrogens (tertiary/aromatic N) is 1. The number of aromatic nitrogens is 1. The summed E-state index contributed by atoms with van der Waals surface area (Å²) >= 11 is 0. The Morgan fingerprint density at radius 3 is 1.77 bits per heavy atom. The predicted molar refractivity (Wildman–Crippen MR) is 93.2 cm³/mol. The van der Waals surface area contributed by atoms with Crippen LogP contribution in [0.15, 0.2) is 6.20 Å². The summed E-state index contributed by atoms with van der Waals surface area (Å²) in [5.74, 6) is -3.92. The van der Waals surface area contributed by atoms with Gasteiger partial charge in [-0.1, -0.05) is 0 Å². The van der Waals surface area contributed by atoms with Crippen LogP contribution in [-0.4, -0.2) is 35.6 Å². The standard InChI is InChI=1S/C19H17NO6/c21-14-10-9-7-3-1-6(2-4-7)8(9)5-20-13(10)11-12(16(14)23)17(24)19(26)18(25)15(11)22/h5-7,21-26H,1-4H2. The lowest BCUT2D eigenvalue weighted by Crippen LogP contribution is -2.22. The first-order valence-corrected chi connectivity index (χ1v) is 8.57. The zero-order valence-electron chi connectivity index (χ0n) is 13.7. The molecule has 0 unspecified atom stereocenters. The molecule has 1 fully saturated rings. The Hall–Kier alpha value is -3.09. The average Bonchev–Trinajstić information content (AvgIpc) is 2.67. The fraction of sp³-hybridized carbons (Fsp3) is 0.316. The lowest BCUT2D eigenvalue weighted by atomic mass is 9.66. The monoisotopic (exact) mass is 355 g/mol. The van der Waals surface area contributed by atoms with Crippen LogP contribution in [0.5, 0.6) is 34.5 Å². The van der Waals surface area contributed by atoms with Gasteiger partial charge in [0.25, 0.3) is 0 Å². The molecule has 0 spiro atoms. The molecule has 1 saturated carbocycles. The predicted octanol–water partition coefficient (Wildman–Crippen LogP) is 3.38. The normalized spacial score (nSPS) is 21.4. The van der Waals surface area contributed by atoms with E-state index in [0.29, 0.717) is 11.3 Å². The van der Waals surface area contributed by atoms with Gasteiger partial charge in [0.2, 0.25) is 11.5 Å². The quantitative estimate of drug-likeness (QED) is 0.207. The van der Waals surface area contributed by atoms with Crippen LogP contribution < -0.4 is 0 Å². The zero-order valence-corrected chi connectivity index (χ0v) is 13.7. The van der Waals surface area contributed by atoms with Gasteiger partial charge < -0.3 is 30.6 Å². The number of phenolic OH excluding ortho intramolecular Hbond substituents is 6. The fourth-order valence-corrected chi connectivity index (χ4v) is 4.82. The Morgan fingerprint density at radius 1 is 0.615 bits per heavy atom. The van der Waals surface area contributed by atoms with Gasteiger partial charge in [-0.25, -0.2) is 0 Å². The molecule has 7 nitrogen and oxygen atoms in total. The fourth-order valence-electron chi connectivity index (χ4n) is 4.82. The van der Waals surface area contributed by atoms with E-state index in [0.717, 1.165) is 36.8 Å². The van der Waals surface area contributed by atoms with E-state index in [1.54, 1.807) is 6.20 Å². The summed E-state index contributed by atoms with van der Waals surface area (Å²) in [4.78, 5) is 4.38. The Morgan fingerprint density at radius 2 is 1.12 bits per heavy atom. The van der Waals surface area contributed by atoms with Crippen molar-refractivity contribution in [1.29, 1.82) is 0 Å². The highest BCUT2D eigenvalue weighted by molar-refractivity contribution is 6.18. The Balaban J connectivity index is 2.05. The lowest BCUT2D eigenvalue weighted by Gasteiger charge is -2.38. The highest BCUT2D eigenvalue weighted by atomic mass is 16.3. The van der Waals surface area contributed by atoms with Gasteiger partial charge in [0, 0.05) is 6.20 Å². The van der Waals surface area contributed by atoms with Crippen molar-refractivity contribution in [2.45, 2.75) is 37.5 Å². The molecule has 2 bridgehead atoms. The number of pyridine rings is 1. The third kappa shape index (κ3) is 1.60. The Bertz CT molecular complexity index is 1120. The molecule has 3 aliphatic rings. The highest BCUT2D eigenvalue weighted by Gasteiger charge is 2.37. The number of hydrogen-bond donors (Lipinski definition) is 6. The summed E-state index contributed by atoms with van der Waals surface area (Å²) < 4.78 is 0. The molecule has 0 saturated heterocycles. The van der Waals surface area contributed by atoms with Crippen LogP contribution in [-0.2, 0) is 0 Å². The first-order chi connectivity index (χ1) is 12.4. The molecule has 0 radical (unpaired) electrons. The number of rotatable bonds is 0. The number of phenols is 6. The topological polar surface area (TPSA) is 134 Å². The number of hydrogen-bond acceptors (Lipinski definition) is 7. The summed E-state index contributed by atoms with van der Waals surface area (Å²) in [5, 5.41) is 61.3. The number of benzene rings is 2. The number of fused-ring (bicyclic) bond motifs is 5. The average molecular weight is 355 g/mol. The molecule has 6 N–H and O–H groups in total. The van der Waals surface area contributed by atoms with Crippen molar-refractivity contribution in [3.05, 3.63) is 17.3 Å². The second kappa shape index (κ2) is 4.75. The van der Waals surface area contributed by atoms with Gasteiger partial charge in [0.1, 0.15) is 0 Å². The van der Waals surface area contributed by atoms with Crippen LogP contribution in [0.1, 0.15) is 48.6 Å². The van der Waals surface area contributed by atoms with Crippen LogP contribution in [0.25, 0.3) is 21.7 Å². The van der Waals surface area contributed by atoms with Crippen molar-refractivity contribution in [2.24, 2.45) is 0 Å². The highest BCUT2D eigenvalue weighted by Crippen LogP contribution is 2.59. The van der Waals surface area contributed by atoms with Crippen LogP contribution in [0.2, 0.25) is 0 Å². The molecule has 1 heterocycles. The second-order valence-electron chi connectivity index (χ2n) is 7.24. The molecule has 134 valence electrons. The Kier molecular flexibility index (Phi) is 2.77. The molecular formula is C19H17NO6. The van der Waals surface area contributed by atoms with Gasteiger partial charge in [-0.15, -0.1) is 0 Å². The largest absolute Gasteiger partial charge is 0.504 e. The zero-order chi connectivity index (χ0) is 18.3. The van der Waals surface area contributed by atoms with Gasteiger partial charge in [-0.2, -0.15) is 0 Å². The van der Waals surface area contributed by atoms with Crippen LogP contribution in [0.3, 0.4) is 0 Å². The van der Waals surface area contributed by atoms with Gasteiger partial charge in [-0.3, -0.25) is 4.98 Å². The van der Waals surface area contributed by atoms with E-state index >= 15 is 0 Å². The van der Waals surface area contributed by atoms with Crippen LogP contribution in [0, 0.1) is 0 Å². The SMILES string of the molecule is Oc1c(O)c(O)c2c(c1O)c(O)c(O)c1c3c(cnc12)C1CCC3CC1. The Labute approximate surface area is 147 Å². The van der Waals surface area contributed by atoms with Gasteiger partial charge >= 0.3 is 0 Å². The van der Waals surface area contributed by atoms with E-state index in [9.17, 15) is 30.6 Å². The van der Waals surface area contributed by atoms with E-state index < -0.39 is 34.5 Å². The minimum Gasteiger partial charge on any atom is -0.504 e. The molecule has 1 aromatic heterocycles. The third-order valence-corrected chi connectivity index (χ3v) is 6.06. The summed E-state index contributed by atoms with van der Waals surface area (Å²) in [7, 11) is 0. The molecule has 0 aliphatic heterocycles. The molecule has 3 aromatic rings. The van der Waals surface area contributed by atoms with E-state index in [2.05, 4.69) is 4.98 Å². The van der Waals surface area contributed by atoms with Crippen molar-refractivity contribution in [1.82, 2.24) is 4.98 Å². The van der Waals surface area contributed by atoms with Crippen LogP contribution >= 0.6 is 0 Å². The summed E-state index contributed by atoms with van der Waals surface area (Å²) in [5.41, 5.74) is 2.13. The van der Waals surface area contributed by atoms with Crippen molar-refractivity contribution >= 4 is 21.7 Å². The van der Waals surface area contributed by atoms with Crippen LogP contribution in [0.4, 0.5) is 0 Å². The smallest absolute Gasteiger partial charge is 0.205 e. The van der Waals surface area contributed by atoms with Gasteiger partial charge in [0.05, 0.1) is 21.7 Å². The summed E-state index contributed by atoms with van der Waals surface area (Å²) in [6.45, 7) is 0. The molecule has 3 aliphatic carbocycles. The summed E-state index contributed by atoms with van der Waals surface area (Å²) in [6.07, 6.45) is 5.79. The minimum absolute atomic E-state index is 0.104. The van der Waals surface area contributed by atoms with E-state index in [1.807, 2.05) is 0 Å². The van der Waals surface area contributed by atoms with E-state index in [4.69, 9.17) is 0 Å². The van der Waals surface area contributed by atoms with E-state index in [1.165, 1.54) is 0 Å². The molecule has 6 rings (SSSR count). The van der Waals surface area contributed by atoms with Gasteiger partial charge in [-0.05, 0) is 48.6 Å². The van der Waals surface area contributed by atoms with Crippen molar-refractivity contribution < 1.29 is 30.6 Å². The first kappa shape index (κ1) is 15.2. The summed E-state index contributed by atoms with van der Waals surface area (Å²) in [6, 6.07) is 0. The lowest BCUT2D eigenvalue weighted by molar-refractivity contribution is 0.349. The molecule has 7 heteroatoms. The maximum Gasteiger partial charge on any atom is 0.205 e. The van der Waals surface area contributed by atoms with Crippen molar-refractivity contribution in [3.8, 4) is 34.5 Å². The maximum absolute atomic E-state index is 10.7. The molecule has 0 amide bonds.